The van der Waals surface area contributed by atoms with Crippen molar-refractivity contribution in [2.45, 2.75) is 0 Å². The average Bonchev–Trinajstić information content (AvgIpc) is 2.38. The van der Waals surface area contributed by atoms with Crippen molar-refractivity contribution < 1.29 is 9.47 Å². The molecule has 0 saturated heterocycles. The van der Waals surface area contributed by atoms with Crippen LogP contribution < -0.4 is 15.2 Å². The number of nitrogens with two attached hydrogens (primary N) is 1. The molecule has 5 heteroatoms. The summed E-state index contributed by atoms with van der Waals surface area (Å²) in [4.78, 5) is 8.07. The Bertz CT molecular complexity index is 529. The van der Waals surface area contributed by atoms with E-state index in [9.17, 15) is 0 Å². The SMILES string of the molecule is COc1cccc(-c2ncnc(N)c2OC)c1. The molecule has 1 heterocycles. The summed E-state index contributed by atoms with van der Waals surface area (Å²) >= 11 is 0. The lowest BCUT2D eigenvalue weighted by molar-refractivity contribution is 0.413. The van der Waals surface area contributed by atoms with Gasteiger partial charge in [-0.1, -0.05) is 12.1 Å². The first kappa shape index (κ1) is 11.2. The molecule has 2 rings (SSSR count). The topological polar surface area (TPSA) is 70.3 Å². The molecule has 0 atom stereocenters. The number of rotatable bonds is 3. The van der Waals surface area contributed by atoms with Gasteiger partial charge in [-0.2, -0.15) is 0 Å². The number of benzene rings is 1. The zero-order valence-corrected chi connectivity index (χ0v) is 9.68. The molecule has 0 unspecified atom stereocenters. The Morgan fingerprint density at radius 1 is 1.12 bits per heavy atom. The number of methoxy groups -OCH3 is 2. The Morgan fingerprint density at radius 2 is 1.94 bits per heavy atom. The van der Waals surface area contributed by atoms with Crippen molar-refractivity contribution in [1.82, 2.24) is 9.97 Å². The molecule has 0 bridgehead atoms. The predicted octanol–water partition coefficient (Wildman–Crippen LogP) is 1.74. The molecule has 0 aliphatic heterocycles. The van der Waals surface area contributed by atoms with E-state index >= 15 is 0 Å². The largest absolute Gasteiger partial charge is 0.497 e. The van der Waals surface area contributed by atoms with Gasteiger partial charge in [-0.05, 0) is 12.1 Å². The molecular formula is C12H13N3O2. The first-order valence-electron chi connectivity index (χ1n) is 5.05. The Morgan fingerprint density at radius 3 is 2.65 bits per heavy atom. The van der Waals surface area contributed by atoms with Gasteiger partial charge in [-0.25, -0.2) is 9.97 Å². The molecule has 0 radical (unpaired) electrons. The van der Waals surface area contributed by atoms with Crippen molar-refractivity contribution in [2.75, 3.05) is 20.0 Å². The summed E-state index contributed by atoms with van der Waals surface area (Å²) in [6, 6.07) is 7.52. The second-order valence-electron chi connectivity index (χ2n) is 3.37. The molecule has 0 fully saturated rings. The first-order chi connectivity index (χ1) is 8.26. The Kier molecular flexibility index (Phi) is 3.09. The van der Waals surface area contributed by atoms with Gasteiger partial charge in [0.2, 0.25) is 0 Å². The van der Waals surface area contributed by atoms with E-state index < -0.39 is 0 Å². The van der Waals surface area contributed by atoms with E-state index in [-0.39, 0.29) is 0 Å². The van der Waals surface area contributed by atoms with Gasteiger partial charge in [0.15, 0.2) is 11.6 Å². The van der Waals surface area contributed by atoms with Crippen LogP contribution in [0.1, 0.15) is 0 Å². The second-order valence-corrected chi connectivity index (χ2v) is 3.37. The first-order valence-corrected chi connectivity index (χ1v) is 5.05. The number of nitrogen functional groups attached to an aromatic ring is 1. The lowest BCUT2D eigenvalue weighted by atomic mass is 10.1. The van der Waals surface area contributed by atoms with E-state index in [0.717, 1.165) is 11.3 Å². The van der Waals surface area contributed by atoms with Crippen LogP contribution in [0.15, 0.2) is 30.6 Å². The van der Waals surface area contributed by atoms with Crippen molar-refractivity contribution in [3.05, 3.63) is 30.6 Å². The highest BCUT2D eigenvalue weighted by molar-refractivity contribution is 5.72. The van der Waals surface area contributed by atoms with Crippen molar-refractivity contribution in [1.29, 1.82) is 0 Å². The maximum atomic E-state index is 5.73. The van der Waals surface area contributed by atoms with Crippen molar-refractivity contribution >= 4 is 5.82 Å². The third-order valence-corrected chi connectivity index (χ3v) is 2.38. The molecule has 2 aromatic rings. The third-order valence-electron chi connectivity index (χ3n) is 2.38. The minimum atomic E-state index is 0.320. The van der Waals surface area contributed by atoms with Crippen LogP contribution in [-0.2, 0) is 0 Å². The predicted molar refractivity (Wildman–Crippen MR) is 65.0 cm³/mol. The number of anilines is 1. The summed E-state index contributed by atoms with van der Waals surface area (Å²) in [7, 11) is 3.16. The smallest absolute Gasteiger partial charge is 0.187 e. The molecule has 0 amide bonds. The minimum absolute atomic E-state index is 0.320. The molecule has 1 aromatic heterocycles. The molecule has 0 aliphatic rings. The quantitative estimate of drug-likeness (QED) is 0.871. The summed E-state index contributed by atoms with van der Waals surface area (Å²) in [5.74, 6) is 1.54. The summed E-state index contributed by atoms with van der Waals surface area (Å²) in [5, 5.41) is 0. The second kappa shape index (κ2) is 4.69. The monoisotopic (exact) mass is 231 g/mol. The van der Waals surface area contributed by atoms with Crippen LogP contribution in [-0.4, -0.2) is 24.2 Å². The number of ether oxygens (including phenoxy) is 2. The van der Waals surface area contributed by atoms with Crippen LogP contribution in [0.4, 0.5) is 5.82 Å². The standard InChI is InChI=1S/C12H13N3O2/c1-16-9-5-3-4-8(6-9)10-11(17-2)12(13)15-7-14-10/h3-7H,1-2H3,(H2,13,14,15). The molecule has 17 heavy (non-hydrogen) atoms. The van der Waals surface area contributed by atoms with Crippen LogP contribution in [0, 0.1) is 0 Å². The number of aromatic nitrogens is 2. The molecule has 88 valence electrons. The van der Waals surface area contributed by atoms with E-state index in [0.29, 0.717) is 17.3 Å². The van der Waals surface area contributed by atoms with Gasteiger partial charge in [-0.15, -0.1) is 0 Å². The third kappa shape index (κ3) is 2.13. The lowest BCUT2D eigenvalue weighted by Gasteiger charge is -2.09. The van der Waals surface area contributed by atoms with E-state index in [2.05, 4.69) is 9.97 Å². The Balaban J connectivity index is 2.55. The van der Waals surface area contributed by atoms with Gasteiger partial charge in [0, 0.05) is 5.56 Å². The summed E-state index contributed by atoms with van der Waals surface area (Å²) in [6.07, 6.45) is 1.41. The van der Waals surface area contributed by atoms with Gasteiger partial charge in [0.25, 0.3) is 0 Å². The molecular weight excluding hydrogens is 218 g/mol. The summed E-state index contributed by atoms with van der Waals surface area (Å²) in [6.45, 7) is 0. The number of nitrogens with zero attached hydrogens (tertiary/aromatic N) is 2. The van der Waals surface area contributed by atoms with Crippen molar-refractivity contribution in [3.63, 3.8) is 0 Å². The fraction of sp³-hybridized carbons (Fsp3) is 0.167. The van der Waals surface area contributed by atoms with Crippen molar-refractivity contribution in [2.24, 2.45) is 0 Å². The lowest BCUT2D eigenvalue weighted by Crippen LogP contribution is -1.99. The molecule has 0 aliphatic carbocycles. The van der Waals surface area contributed by atoms with Crippen LogP contribution in [0.5, 0.6) is 11.5 Å². The van der Waals surface area contributed by atoms with Gasteiger partial charge in [0.1, 0.15) is 17.8 Å². The van der Waals surface area contributed by atoms with Crippen LogP contribution in [0.3, 0.4) is 0 Å². The fourth-order valence-corrected chi connectivity index (χ4v) is 1.56. The zero-order valence-electron chi connectivity index (χ0n) is 9.68. The minimum Gasteiger partial charge on any atom is -0.497 e. The van der Waals surface area contributed by atoms with E-state index in [1.807, 2.05) is 24.3 Å². The molecule has 0 saturated carbocycles. The van der Waals surface area contributed by atoms with Gasteiger partial charge in [-0.3, -0.25) is 0 Å². The van der Waals surface area contributed by atoms with E-state index in [4.69, 9.17) is 15.2 Å². The summed E-state index contributed by atoms with van der Waals surface area (Å²) in [5.41, 5.74) is 7.25. The van der Waals surface area contributed by atoms with Crippen molar-refractivity contribution in [3.8, 4) is 22.8 Å². The highest BCUT2D eigenvalue weighted by Crippen LogP contribution is 2.32. The highest BCUT2D eigenvalue weighted by atomic mass is 16.5. The normalized spacial score (nSPS) is 10.0. The molecule has 5 nitrogen and oxygen atoms in total. The van der Waals surface area contributed by atoms with Crippen LogP contribution in [0.2, 0.25) is 0 Å². The number of hydrogen-bond acceptors (Lipinski definition) is 5. The molecule has 1 aromatic carbocycles. The molecule has 0 spiro atoms. The fourth-order valence-electron chi connectivity index (χ4n) is 1.56. The summed E-state index contributed by atoms with van der Waals surface area (Å²) < 4.78 is 10.4. The zero-order chi connectivity index (χ0) is 12.3. The maximum Gasteiger partial charge on any atom is 0.187 e. The Labute approximate surface area is 99.2 Å². The van der Waals surface area contributed by atoms with Gasteiger partial charge < -0.3 is 15.2 Å². The maximum absolute atomic E-state index is 5.73. The van der Waals surface area contributed by atoms with Crippen LogP contribution in [0.25, 0.3) is 11.3 Å². The van der Waals surface area contributed by atoms with Gasteiger partial charge in [0.05, 0.1) is 14.2 Å². The Hall–Kier alpha value is -2.30. The average molecular weight is 231 g/mol. The van der Waals surface area contributed by atoms with E-state index in [1.165, 1.54) is 6.33 Å². The number of hydrogen-bond donors (Lipinski definition) is 1. The van der Waals surface area contributed by atoms with Gasteiger partial charge >= 0.3 is 0 Å². The highest BCUT2D eigenvalue weighted by Gasteiger charge is 2.11. The van der Waals surface area contributed by atoms with E-state index in [1.54, 1.807) is 14.2 Å². The molecule has 2 N–H and O–H groups in total. The van der Waals surface area contributed by atoms with Crippen LogP contribution >= 0.6 is 0 Å².